The summed E-state index contributed by atoms with van der Waals surface area (Å²) in [5.74, 6) is -0.934. The van der Waals surface area contributed by atoms with Crippen molar-refractivity contribution in [3.63, 3.8) is 0 Å². The Morgan fingerprint density at radius 1 is 1.13 bits per heavy atom. The SMILES string of the molecule is CCn1c(=O)sc2cc(S(=O)(=O)N3CCN(C(=O)c4ccc(F)c(Cl)c4)CC3)ccc21. The van der Waals surface area contributed by atoms with E-state index in [1.807, 2.05) is 6.92 Å². The molecule has 164 valence electrons. The Kier molecular flexibility index (Phi) is 5.91. The van der Waals surface area contributed by atoms with Crippen LogP contribution in [-0.2, 0) is 16.6 Å². The second-order valence-corrected chi connectivity index (χ2v) is 10.4. The van der Waals surface area contributed by atoms with E-state index >= 15 is 0 Å². The molecule has 7 nitrogen and oxygen atoms in total. The molecule has 1 aromatic heterocycles. The van der Waals surface area contributed by atoms with Crippen molar-refractivity contribution >= 4 is 49.1 Å². The van der Waals surface area contributed by atoms with E-state index in [1.165, 1.54) is 33.5 Å². The number of sulfonamides is 1. The number of hydrogen-bond acceptors (Lipinski definition) is 5. The number of piperazine rings is 1. The number of hydrogen-bond donors (Lipinski definition) is 0. The molecular weight excluding hydrogens is 465 g/mol. The molecule has 0 radical (unpaired) electrons. The molecule has 2 aromatic carbocycles. The van der Waals surface area contributed by atoms with Gasteiger partial charge < -0.3 is 4.90 Å². The molecule has 0 spiro atoms. The van der Waals surface area contributed by atoms with Crippen LogP contribution in [-0.4, -0.2) is 54.3 Å². The van der Waals surface area contributed by atoms with Gasteiger partial charge in [-0.2, -0.15) is 4.31 Å². The van der Waals surface area contributed by atoms with Gasteiger partial charge in [-0.25, -0.2) is 12.8 Å². The Morgan fingerprint density at radius 2 is 1.84 bits per heavy atom. The Bertz CT molecular complexity index is 1330. The van der Waals surface area contributed by atoms with Crippen LogP contribution in [0.4, 0.5) is 4.39 Å². The third-order valence-corrected chi connectivity index (χ3v) is 8.41. The second kappa shape index (κ2) is 8.34. The maximum Gasteiger partial charge on any atom is 0.308 e. The number of carbonyl (C=O) groups is 1. The first-order valence-corrected chi connectivity index (χ1v) is 12.2. The third kappa shape index (κ3) is 4.00. The smallest absolute Gasteiger partial charge is 0.308 e. The Hall–Kier alpha value is -2.27. The summed E-state index contributed by atoms with van der Waals surface area (Å²) in [5.41, 5.74) is 0.966. The van der Waals surface area contributed by atoms with Gasteiger partial charge in [-0.1, -0.05) is 22.9 Å². The summed E-state index contributed by atoms with van der Waals surface area (Å²) >= 11 is 6.77. The molecule has 11 heteroatoms. The molecular formula is C20H19ClFN3O4S2. The lowest BCUT2D eigenvalue weighted by Gasteiger charge is -2.34. The predicted octanol–water partition coefficient (Wildman–Crippen LogP) is 3.02. The molecule has 1 fully saturated rings. The molecule has 1 amide bonds. The highest BCUT2D eigenvalue weighted by Crippen LogP contribution is 2.25. The molecule has 0 bridgehead atoms. The van der Waals surface area contributed by atoms with Crippen molar-refractivity contribution in [2.24, 2.45) is 0 Å². The highest BCUT2D eigenvalue weighted by Gasteiger charge is 2.31. The van der Waals surface area contributed by atoms with Crippen LogP contribution in [0.5, 0.6) is 0 Å². The van der Waals surface area contributed by atoms with E-state index < -0.39 is 15.8 Å². The first kappa shape index (κ1) is 21.9. The largest absolute Gasteiger partial charge is 0.336 e. The van der Waals surface area contributed by atoms with Crippen molar-refractivity contribution in [3.05, 3.63) is 62.5 Å². The van der Waals surface area contributed by atoms with Crippen LogP contribution >= 0.6 is 22.9 Å². The van der Waals surface area contributed by atoms with Gasteiger partial charge in [0.2, 0.25) is 10.0 Å². The van der Waals surface area contributed by atoms with Gasteiger partial charge in [0.25, 0.3) is 5.91 Å². The van der Waals surface area contributed by atoms with Gasteiger partial charge in [0.1, 0.15) is 5.82 Å². The van der Waals surface area contributed by atoms with Crippen molar-refractivity contribution < 1.29 is 17.6 Å². The van der Waals surface area contributed by atoms with Crippen molar-refractivity contribution in [2.75, 3.05) is 26.2 Å². The number of halogens is 2. The number of nitrogens with zero attached hydrogens (tertiary/aromatic N) is 3. The minimum atomic E-state index is -3.77. The fourth-order valence-corrected chi connectivity index (χ4v) is 6.30. The number of aromatic nitrogens is 1. The summed E-state index contributed by atoms with van der Waals surface area (Å²) in [4.78, 5) is 26.2. The normalized spacial score (nSPS) is 15.5. The van der Waals surface area contributed by atoms with E-state index in [9.17, 15) is 22.4 Å². The van der Waals surface area contributed by atoms with Crippen molar-refractivity contribution in [3.8, 4) is 0 Å². The van der Waals surface area contributed by atoms with E-state index in [-0.39, 0.29) is 52.4 Å². The first-order valence-electron chi connectivity index (χ1n) is 9.60. The molecule has 2 heterocycles. The zero-order valence-electron chi connectivity index (χ0n) is 16.5. The van der Waals surface area contributed by atoms with Crippen molar-refractivity contribution in [2.45, 2.75) is 18.4 Å². The lowest BCUT2D eigenvalue weighted by atomic mass is 10.2. The van der Waals surface area contributed by atoms with E-state index in [0.29, 0.717) is 16.8 Å². The van der Waals surface area contributed by atoms with E-state index in [0.717, 1.165) is 17.4 Å². The molecule has 1 saturated heterocycles. The van der Waals surface area contributed by atoms with Gasteiger partial charge in [0.05, 0.1) is 20.1 Å². The number of carbonyl (C=O) groups excluding carboxylic acids is 1. The highest BCUT2D eigenvalue weighted by atomic mass is 35.5. The molecule has 3 aromatic rings. The molecule has 31 heavy (non-hydrogen) atoms. The van der Waals surface area contributed by atoms with E-state index in [4.69, 9.17) is 11.6 Å². The van der Waals surface area contributed by atoms with Crippen LogP contribution in [0.15, 0.2) is 46.1 Å². The Balaban J connectivity index is 1.51. The number of aryl methyl sites for hydroxylation is 1. The molecule has 0 saturated carbocycles. The van der Waals surface area contributed by atoms with Gasteiger partial charge in [-0.3, -0.25) is 14.2 Å². The van der Waals surface area contributed by atoms with Gasteiger partial charge in [-0.05, 0) is 43.3 Å². The molecule has 0 aliphatic carbocycles. The van der Waals surface area contributed by atoms with Crippen LogP contribution in [0.25, 0.3) is 10.2 Å². The van der Waals surface area contributed by atoms with Gasteiger partial charge in [0.15, 0.2) is 0 Å². The summed E-state index contributed by atoms with van der Waals surface area (Å²) in [7, 11) is -3.77. The predicted molar refractivity (Wildman–Crippen MR) is 118 cm³/mol. The van der Waals surface area contributed by atoms with E-state index in [1.54, 1.807) is 10.6 Å². The number of amides is 1. The van der Waals surface area contributed by atoms with E-state index in [2.05, 4.69) is 0 Å². The van der Waals surface area contributed by atoms with Crippen LogP contribution in [0.3, 0.4) is 0 Å². The van der Waals surface area contributed by atoms with Crippen LogP contribution in [0.2, 0.25) is 5.02 Å². The molecule has 0 N–H and O–H groups in total. The molecule has 0 atom stereocenters. The summed E-state index contributed by atoms with van der Waals surface area (Å²) < 4.78 is 43.1. The zero-order chi connectivity index (χ0) is 22.3. The molecule has 1 aliphatic rings. The fourth-order valence-electron chi connectivity index (χ4n) is 3.60. The number of rotatable bonds is 4. The monoisotopic (exact) mass is 483 g/mol. The standard InChI is InChI=1S/C20H19ClFN3O4S2/c1-2-25-17-6-4-14(12-18(17)30-20(25)27)31(28,29)24-9-7-23(8-10-24)19(26)13-3-5-16(22)15(21)11-13/h3-6,11-12H,2,7-10H2,1H3. The summed E-state index contributed by atoms with van der Waals surface area (Å²) in [6.45, 7) is 3.04. The maximum absolute atomic E-state index is 13.3. The molecule has 4 rings (SSSR count). The van der Waals surface area contributed by atoms with Crippen LogP contribution in [0.1, 0.15) is 17.3 Å². The minimum absolute atomic E-state index is 0.120. The number of benzene rings is 2. The highest BCUT2D eigenvalue weighted by molar-refractivity contribution is 7.89. The lowest BCUT2D eigenvalue weighted by Crippen LogP contribution is -2.50. The summed E-state index contributed by atoms with van der Waals surface area (Å²) in [6, 6.07) is 8.45. The average molecular weight is 484 g/mol. The van der Waals surface area contributed by atoms with Crippen LogP contribution in [0, 0.1) is 5.82 Å². The lowest BCUT2D eigenvalue weighted by molar-refractivity contribution is 0.0698. The Morgan fingerprint density at radius 3 is 2.48 bits per heavy atom. The third-order valence-electron chi connectivity index (χ3n) is 5.29. The van der Waals surface area contributed by atoms with Crippen LogP contribution < -0.4 is 4.87 Å². The van der Waals surface area contributed by atoms with Gasteiger partial charge in [-0.15, -0.1) is 0 Å². The van der Waals surface area contributed by atoms with Crippen molar-refractivity contribution in [1.82, 2.24) is 13.8 Å². The number of fused-ring (bicyclic) bond motifs is 1. The van der Waals surface area contributed by atoms with Crippen molar-refractivity contribution in [1.29, 1.82) is 0 Å². The minimum Gasteiger partial charge on any atom is -0.336 e. The maximum atomic E-state index is 13.3. The zero-order valence-corrected chi connectivity index (χ0v) is 18.9. The number of thiazole rings is 1. The quantitative estimate of drug-likeness (QED) is 0.571. The first-order chi connectivity index (χ1) is 14.7. The van der Waals surface area contributed by atoms with Gasteiger partial charge in [0, 0.05) is 38.3 Å². The topological polar surface area (TPSA) is 79.7 Å². The average Bonchev–Trinajstić information content (AvgIpc) is 3.09. The van der Waals surface area contributed by atoms with Gasteiger partial charge >= 0.3 is 4.87 Å². The Labute approximate surface area is 187 Å². The molecule has 0 unspecified atom stereocenters. The summed E-state index contributed by atoms with van der Waals surface area (Å²) in [5, 5.41) is -0.137. The fraction of sp³-hybridized carbons (Fsp3) is 0.300. The second-order valence-electron chi connectivity index (χ2n) is 7.07. The molecule has 1 aliphatic heterocycles. The summed E-state index contributed by atoms with van der Waals surface area (Å²) in [6.07, 6.45) is 0.